The number of ether oxygens (including phenoxy) is 1. The number of hydrogen-bond acceptors (Lipinski definition) is 5. The van der Waals surface area contributed by atoms with Crippen molar-refractivity contribution >= 4 is 40.4 Å². The molecule has 1 fully saturated rings. The number of carbonyl (C=O) groups excluding carboxylic acids is 2. The standard InChI is InChI=1S/C24H23ClF3N5O3/c1-3-20(34)32-9-5-4-6-16(13-32)33-21-18(25)11-17(36-24(26,27)28)12-19(21)30-23(33)31-22(35)15-7-8-29-14(2)10-15/h3,7-8,10-12,16H,1,4-6,9,13H2,2H3,(H,30,31,35). The molecule has 1 saturated heterocycles. The Labute approximate surface area is 209 Å². The number of pyridine rings is 1. The number of halogens is 4. The van der Waals surface area contributed by atoms with E-state index >= 15 is 0 Å². The molecule has 1 aliphatic rings. The molecule has 0 aliphatic carbocycles. The minimum atomic E-state index is -4.91. The number of nitrogens with zero attached hydrogens (tertiary/aromatic N) is 4. The highest BCUT2D eigenvalue weighted by atomic mass is 35.5. The highest BCUT2D eigenvalue weighted by Crippen LogP contribution is 2.37. The number of anilines is 1. The van der Waals surface area contributed by atoms with E-state index in [1.54, 1.807) is 22.5 Å². The molecule has 1 aliphatic heterocycles. The lowest BCUT2D eigenvalue weighted by molar-refractivity contribution is -0.274. The average Bonchev–Trinajstić information content (AvgIpc) is 2.98. The summed E-state index contributed by atoms with van der Waals surface area (Å²) in [6.07, 6.45) is -0.0258. The van der Waals surface area contributed by atoms with Gasteiger partial charge in [-0.05, 0) is 44.4 Å². The van der Waals surface area contributed by atoms with Crippen LogP contribution in [0.1, 0.15) is 41.4 Å². The van der Waals surface area contributed by atoms with Crippen molar-refractivity contribution in [3.8, 4) is 5.75 Å². The maximum absolute atomic E-state index is 13.0. The van der Waals surface area contributed by atoms with E-state index in [1.807, 2.05) is 0 Å². The summed E-state index contributed by atoms with van der Waals surface area (Å²) < 4.78 is 44.2. The van der Waals surface area contributed by atoms with Crippen LogP contribution >= 0.6 is 11.6 Å². The lowest BCUT2D eigenvalue weighted by Gasteiger charge is -2.26. The van der Waals surface area contributed by atoms with Gasteiger partial charge in [0.05, 0.1) is 22.1 Å². The molecule has 0 radical (unpaired) electrons. The van der Waals surface area contributed by atoms with Crippen LogP contribution in [0.3, 0.4) is 0 Å². The molecule has 36 heavy (non-hydrogen) atoms. The molecule has 0 bridgehead atoms. The first-order valence-electron chi connectivity index (χ1n) is 11.2. The van der Waals surface area contributed by atoms with Gasteiger partial charge in [-0.3, -0.25) is 19.9 Å². The van der Waals surface area contributed by atoms with Crippen molar-refractivity contribution in [3.63, 3.8) is 0 Å². The van der Waals surface area contributed by atoms with Crippen molar-refractivity contribution < 1.29 is 27.5 Å². The van der Waals surface area contributed by atoms with Crippen molar-refractivity contribution in [3.05, 3.63) is 59.4 Å². The summed E-state index contributed by atoms with van der Waals surface area (Å²) in [6.45, 7) is 6.11. The van der Waals surface area contributed by atoms with Crippen molar-refractivity contribution in [2.24, 2.45) is 0 Å². The predicted molar refractivity (Wildman–Crippen MR) is 128 cm³/mol. The van der Waals surface area contributed by atoms with Crippen LogP contribution in [0.4, 0.5) is 19.1 Å². The highest BCUT2D eigenvalue weighted by Gasteiger charge is 2.33. The zero-order valence-electron chi connectivity index (χ0n) is 19.3. The van der Waals surface area contributed by atoms with Crippen LogP contribution in [0.2, 0.25) is 5.02 Å². The number of aromatic nitrogens is 3. The fourth-order valence-electron chi connectivity index (χ4n) is 4.31. The maximum Gasteiger partial charge on any atom is 0.573 e. The van der Waals surface area contributed by atoms with E-state index in [4.69, 9.17) is 11.6 Å². The Morgan fingerprint density at radius 1 is 1.28 bits per heavy atom. The van der Waals surface area contributed by atoms with E-state index in [0.29, 0.717) is 29.7 Å². The number of imidazole rings is 1. The first-order chi connectivity index (χ1) is 17.1. The molecule has 0 spiro atoms. The number of likely N-dealkylation sites (tertiary alicyclic amines) is 1. The zero-order valence-corrected chi connectivity index (χ0v) is 20.1. The minimum absolute atomic E-state index is 0.0367. The van der Waals surface area contributed by atoms with E-state index in [0.717, 1.165) is 25.0 Å². The molecule has 1 aromatic carbocycles. The maximum atomic E-state index is 13.0. The van der Waals surface area contributed by atoms with Crippen LogP contribution in [-0.2, 0) is 4.79 Å². The fourth-order valence-corrected chi connectivity index (χ4v) is 4.61. The van der Waals surface area contributed by atoms with Gasteiger partial charge in [-0.2, -0.15) is 0 Å². The van der Waals surface area contributed by atoms with E-state index in [-0.39, 0.29) is 35.0 Å². The quantitative estimate of drug-likeness (QED) is 0.461. The Bertz CT molecular complexity index is 1320. The summed E-state index contributed by atoms with van der Waals surface area (Å²) in [5.41, 5.74) is 1.40. The summed E-state index contributed by atoms with van der Waals surface area (Å²) in [5, 5.41) is 2.72. The number of alkyl halides is 3. The van der Waals surface area contributed by atoms with Crippen molar-refractivity contribution in [2.45, 2.75) is 38.6 Å². The minimum Gasteiger partial charge on any atom is -0.406 e. The van der Waals surface area contributed by atoms with Gasteiger partial charge in [0.15, 0.2) is 0 Å². The van der Waals surface area contributed by atoms with Crippen LogP contribution in [0, 0.1) is 6.92 Å². The van der Waals surface area contributed by atoms with Gasteiger partial charge >= 0.3 is 6.36 Å². The second-order valence-corrected chi connectivity index (χ2v) is 8.81. The first kappa shape index (κ1) is 25.5. The molecule has 4 rings (SSSR count). The molecule has 1 atom stereocenters. The van der Waals surface area contributed by atoms with Gasteiger partial charge in [0.25, 0.3) is 5.91 Å². The SMILES string of the molecule is C=CC(=O)N1CCCCC(n2c(NC(=O)c3ccnc(C)c3)nc3cc(OC(F)(F)F)cc(Cl)c32)C1. The Morgan fingerprint density at radius 2 is 2.06 bits per heavy atom. The summed E-state index contributed by atoms with van der Waals surface area (Å²) in [7, 11) is 0. The van der Waals surface area contributed by atoms with Crippen LogP contribution in [0.25, 0.3) is 11.0 Å². The Balaban J connectivity index is 1.82. The molecule has 190 valence electrons. The number of benzene rings is 1. The number of hydrogen-bond donors (Lipinski definition) is 1. The monoisotopic (exact) mass is 521 g/mol. The summed E-state index contributed by atoms with van der Waals surface area (Å²) in [6, 6.07) is 4.94. The van der Waals surface area contributed by atoms with E-state index in [1.165, 1.54) is 18.3 Å². The topological polar surface area (TPSA) is 89.4 Å². The van der Waals surface area contributed by atoms with Crippen LogP contribution in [0.5, 0.6) is 5.75 Å². The highest BCUT2D eigenvalue weighted by molar-refractivity contribution is 6.35. The summed E-state index contributed by atoms with van der Waals surface area (Å²) >= 11 is 6.44. The molecule has 0 saturated carbocycles. The number of rotatable bonds is 5. The number of carbonyl (C=O) groups is 2. The van der Waals surface area contributed by atoms with Crippen molar-refractivity contribution in [1.29, 1.82) is 0 Å². The molecule has 12 heteroatoms. The molecule has 2 amide bonds. The van der Waals surface area contributed by atoms with Crippen molar-refractivity contribution in [2.75, 3.05) is 18.4 Å². The molecule has 3 aromatic rings. The van der Waals surface area contributed by atoms with Gasteiger partial charge in [-0.15, -0.1) is 13.2 Å². The zero-order chi connectivity index (χ0) is 26.0. The van der Waals surface area contributed by atoms with Gasteiger partial charge in [0.2, 0.25) is 11.9 Å². The predicted octanol–water partition coefficient (Wildman–Crippen LogP) is 5.28. The van der Waals surface area contributed by atoms with Gasteiger partial charge in [-0.1, -0.05) is 18.2 Å². The average molecular weight is 522 g/mol. The molecular formula is C24H23ClF3N5O3. The Kier molecular flexibility index (Phi) is 7.21. The van der Waals surface area contributed by atoms with Gasteiger partial charge in [0.1, 0.15) is 5.75 Å². The molecule has 8 nitrogen and oxygen atoms in total. The largest absolute Gasteiger partial charge is 0.573 e. The molecule has 1 N–H and O–H groups in total. The third kappa shape index (κ3) is 5.62. The molecule has 2 aromatic heterocycles. The molecule has 3 heterocycles. The van der Waals surface area contributed by atoms with Crippen molar-refractivity contribution in [1.82, 2.24) is 19.4 Å². The third-order valence-electron chi connectivity index (χ3n) is 5.83. The Hall–Kier alpha value is -3.60. The van der Waals surface area contributed by atoms with Crippen LogP contribution in [-0.4, -0.2) is 50.7 Å². The Morgan fingerprint density at radius 3 is 2.75 bits per heavy atom. The lowest BCUT2D eigenvalue weighted by atomic mass is 10.1. The number of amides is 2. The van der Waals surface area contributed by atoms with Crippen LogP contribution in [0.15, 0.2) is 43.1 Å². The number of aryl methyl sites for hydroxylation is 1. The number of fused-ring (bicyclic) bond motifs is 1. The second-order valence-electron chi connectivity index (χ2n) is 8.40. The van der Waals surface area contributed by atoms with E-state index in [9.17, 15) is 22.8 Å². The summed E-state index contributed by atoms with van der Waals surface area (Å²) in [5.74, 6) is -1.16. The normalized spacial score (nSPS) is 16.5. The van der Waals surface area contributed by atoms with Gasteiger partial charge < -0.3 is 14.2 Å². The van der Waals surface area contributed by atoms with Gasteiger partial charge in [-0.25, -0.2) is 4.98 Å². The number of nitrogens with one attached hydrogen (secondary N) is 1. The van der Waals surface area contributed by atoms with E-state index < -0.39 is 18.0 Å². The first-order valence-corrected chi connectivity index (χ1v) is 11.6. The third-order valence-corrected chi connectivity index (χ3v) is 6.12. The van der Waals surface area contributed by atoms with Gasteiger partial charge in [0, 0.05) is 42.7 Å². The van der Waals surface area contributed by atoms with E-state index in [2.05, 4.69) is 26.6 Å². The van der Waals surface area contributed by atoms with Crippen LogP contribution < -0.4 is 10.1 Å². The molecular weight excluding hydrogens is 499 g/mol. The smallest absolute Gasteiger partial charge is 0.406 e. The molecule has 1 unspecified atom stereocenters. The lowest BCUT2D eigenvalue weighted by Crippen LogP contribution is -2.34. The fraction of sp³-hybridized carbons (Fsp3) is 0.333. The summed E-state index contributed by atoms with van der Waals surface area (Å²) in [4.78, 5) is 35.5. The second kappa shape index (κ2) is 10.2.